The molecule has 2 saturated heterocycles. The smallest absolute Gasteiger partial charge is 0.270 e. The van der Waals surface area contributed by atoms with E-state index < -0.39 is 4.92 Å². The van der Waals surface area contributed by atoms with Crippen molar-refractivity contribution in [1.29, 1.82) is 0 Å². The van der Waals surface area contributed by atoms with Crippen molar-refractivity contribution in [3.63, 3.8) is 0 Å². The molecule has 6 rings (SSSR count). The first-order chi connectivity index (χ1) is 19.0. The Hall–Kier alpha value is -4.01. The van der Waals surface area contributed by atoms with Crippen LogP contribution in [0.2, 0.25) is 0 Å². The third-order valence-electron chi connectivity index (χ3n) is 7.88. The van der Waals surface area contributed by atoms with Crippen LogP contribution in [0.15, 0.2) is 66.7 Å². The van der Waals surface area contributed by atoms with E-state index in [9.17, 15) is 14.9 Å². The van der Waals surface area contributed by atoms with Gasteiger partial charge in [0.05, 0.1) is 16.2 Å². The van der Waals surface area contributed by atoms with Gasteiger partial charge in [-0.25, -0.2) is 0 Å². The number of anilines is 2. The van der Waals surface area contributed by atoms with E-state index in [0.717, 1.165) is 50.5 Å². The lowest BCUT2D eigenvalue weighted by atomic mass is 9.98. The Morgan fingerprint density at radius 3 is 1.95 bits per heavy atom. The first-order valence-corrected chi connectivity index (χ1v) is 13.8. The van der Waals surface area contributed by atoms with Crippen LogP contribution in [0.25, 0.3) is 11.3 Å². The highest BCUT2D eigenvalue weighted by Crippen LogP contribution is 2.39. The van der Waals surface area contributed by atoms with Crippen molar-refractivity contribution < 1.29 is 9.72 Å². The fourth-order valence-corrected chi connectivity index (χ4v) is 5.81. The molecule has 3 aliphatic rings. The van der Waals surface area contributed by atoms with Gasteiger partial charge in [0.15, 0.2) is 0 Å². The summed E-state index contributed by atoms with van der Waals surface area (Å²) >= 11 is 0. The SMILES string of the molecule is O=C1Nc2ccc([N+](=O)[O-])cc2C1=C(Nc1ccc(CN2CCCC2)cc1)c1ccc(CN2CCCC2)cc1. The van der Waals surface area contributed by atoms with Crippen molar-refractivity contribution in [2.75, 3.05) is 36.8 Å². The van der Waals surface area contributed by atoms with Crippen LogP contribution in [-0.4, -0.2) is 46.8 Å². The minimum Gasteiger partial charge on any atom is -0.354 e. The Labute approximate surface area is 228 Å². The molecule has 0 spiro atoms. The summed E-state index contributed by atoms with van der Waals surface area (Å²) in [6, 6.07) is 21.1. The number of fused-ring (bicyclic) bond motifs is 1. The molecule has 200 valence electrons. The van der Waals surface area contributed by atoms with Gasteiger partial charge in [-0.15, -0.1) is 0 Å². The molecule has 0 aromatic heterocycles. The summed E-state index contributed by atoms with van der Waals surface area (Å²) in [5.74, 6) is -0.278. The fraction of sp³-hybridized carbons (Fsp3) is 0.323. The van der Waals surface area contributed by atoms with Gasteiger partial charge in [-0.05, 0) is 86.8 Å². The molecule has 8 nitrogen and oxygen atoms in total. The molecular weight excluding hydrogens is 490 g/mol. The summed E-state index contributed by atoms with van der Waals surface area (Å²) in [5.41, 5.74) is 6.28. The fourth-order valence-electron chi connectivity index (χ4n) is 5.81. The highest BCUT2D eigenvalue weighted by atomic mass is 16.6. The maximum atomic E-state index is 13.3. The number of likely N-dealkylation sites (tertiary alicyclic amines) is 2. The van der Waals surface area contributed by atoms with Crippen molar-refractivity contribution in [3.8, 4) is 0 Å². The standard InChI is InChI=1S/C31H33N5O3/c37-31-29(27-19-26(36(38)39)13-14-28(27)33-31)30(24-9-5-22(6-10-24)20-34-15-1-2-16-34)32-25-11-7-23(8-12-25)21-35-17-3-4-18-35/h5-14,19,32H,1-4,15-18,20-21H2,(H,33,37). The van der Waals surface area contributed by atoms with E-state index in [0.29, 0.717) is 22.5 Å². The molecule has 3 aromatic rings. The molecule has 3 aromatic carbocycles. The summed E-state index contributed by atoms with van der Waals surface area (Å²) in [7, 11) is 0. The van der Waals surface area contributed by atoms with Crippen LogP contribution in [0.3, 0.4) is 0 Å². The predicted octanol–water partition coefficient (Wildman–Crippen LogP) is 5.72. The molecule has 2 N–H and O–H groups in total. The van der Waals surface area contributed by atoms with E-state index in [2.05, 4.69) is 44.7 Å². The van der Waals surface area contributed by atoms with Gasteiger partial charge >= 0.3 is 0 Å². The molecule has 0 atom stereocenters. The van der Waals surface area contributed by atoms with Crippen LogP contribution in [-0.2, 0) is 17.9 Å². The number of nitrogens with one attached hydrogen (secondary N) is 2. The van der Waals surface area contributed by atoms with Gasteiger partial charge in [0, 0.05) is 42.2 Å². The molecule has 39 heavy (non-hydrogen) atoms. The Morgan fingerprint density at radius 1 is 0.821 bits per heavy atom. The summed E-state index contributed by atoms with van der Waals surface area (Å²) in [6.07, 6.45) is 5.01. The maximum absolute atomic E-state index is 13.3. The van der Waals surface area contributed by atoms with Gasteiger partial charge in [-0.1, -0.05) is 36.4 Å². The number of hydrogen-bond donors (Lipinski definition) is 2. The molecule has 0 radical (unpaired) electrons. The molecule has 0 bridgehead atoms. The van der Waals surface area contributed by atoms with Gasteiger partial charge in [0.2, 0.25) is 0 Å². The highest BCUT2D eigenvalue weighted by molar-refractivity contribution is 6.37. The van der Waals surface area contributed by atoms with E-state index in [1.165, 1.54) is 48.9 Å². The lowest BCUT2D eigenvalue weighted by Gasteiger charge is -2.18. The van der Waals surface area contributed by atoms with E-state index in [1.807, 2.05) is 24.3 Å². The van der Waals surface area contributed by atoms with Gasteiger partial charge in [-0.3, -0.25) is 24.7 Å². The maximum Gasteiger partial charge on any atom is 0.270 e. The number of amides is 1. The Bertz CT molecular complexity index is 1400. The second-order valence-electron chi connectivity index (χ2n) is 10.7. The number of carbonyl (C=O) groups is 1. The van der Waals surface area contributed by atoms with E-state index in [1.54, 1.807) is 6.07 Å². The van der Waals surface area contributed by atoms with Crippen LogP contribution in [0, 0.1) is 10.1 Å². The monoisotopic (exact) mass is 523 g/mol. The van der Waals surface area contributed by atoms with E-state index in [-0.39, 0.29) is 11.6 Å². The second-order valence-corrected chi connectivity index (χ2v) is 10.7. The summed E-state index contributed by atoms with van der Waals surface area (Å²) < 4.78 is 0. The number of hydrogen-bond acceptors (Lipinski definition) is 6. The van der Waals surface area contributed by atoms with Crippen molar-refractivity contribution in [2.24, 2.45) is 0 Å². The van der Waals surface area contributed by atoms with Gasteiger partial charge in [-0.2, -0.15) is 0 Å². The average Bonchev–Trinajstić information content (AvgIpc) is 3.70. The average molecular weight is 524 g/mol. The molecule has 3 heterocycles. The van der Waals surface area contributed by atoms with Crippen LogP contribution in [0.4, 0.5) is 17.1 Å². The first kappa shape index (κ1) is 25.3. The molecule has 1 amide bonds. The van der Waals surface area contributed by atoms with Gasteiger partial charge < -0.3 is 10.6 Å². The lowest BCUT2D eigenvalue weighted by Crippen LogP contribution is -2.18. The Kier molecular flexibility index (Phi) is 7.13. The molecule has 8 heteroatoms. The summed E-state index contributed by atoms with van der Waals surface area (Å²) in [5, 5.41) is 17.9. The molecule has 0 saturated carbocycles. The number of nitrogens with zero attached hydrogens (tertiary/aromatic N) is 3. The number of carbonyl (C=O) groups excluding carboxylic acids is 1. The van der Waals surface area contributed by atoms with Crippen molar-refractivity contribution in [2.45, 2.75) is 38.8 Å². The molecular formula is C31H33N5O3. The van der Waals surface area contributed by atoms with Crippen molar-refractivity contribution >= 4 is 34.2 Å². The van der Waals surface area contributed by atoms with Crippen LogP contribution in [0.5, 0.6) is 0 Å². The Morgan fingerprint density at radius 2 is 1.38 bits per heavy atom. The zero-order valence-corrected chi connectivity index (χ0v) is 22.0. The highest BCUT2D eigenvalue weighted by Gasteiger charge is 2.30. The van der Waals surface area contributed by atoms with Crippen molar-refractivity contribution in [1.82, 2.24) is 9.80 Å². The molecule has 0 aliphatic carbocycles. The van der Waals surface area contributed by atoms with E-state index >= 15 is 0 Å². The quantitative estimate of drug-likeness (QED) is 0.223. The third kappa shape index (κ3) is 5.57. The number of rotatable bonds is 8. The largest absolute Gasteiger partial charge is 0.354 e. The number of nitro groups is 1. The van der Waals surface area contributed by atoms with Crippen LogP contribution in [0.1, 0.15) is 47.9 Å². The second kappa shape index (κ2) is 11.0. The minimum atomic E-state index is -0.431. The number of non-ortho nitro benzene ring substituents is 1. The predicted molar refractivity (Wildman–Crippen MR) is 154 cm³/mol. The normalized spacial score (nSPS) is 18.7. The zero-order chi connectivity index (χ0) is 26.8. The van der Waals surface area contributed by atoms with Gasteiger partial charge in [0.1, 0.15) is 0 Å². The topological polar surface area (TPSA) is 90.7 Å². The number of benzene rings is 3. The van der Waals surface area contributed by atoms with Crippen LogP contribution < -0.4 is 10.6 Å². The van der Waals surface area contributed by atoms with Crippen LogP contribution >= 0.6 is 0 Å². The Balaban J connectivity index is 1.35. The summed E-state index contributed by atoms with van der Waals surface area (Å²) in [4.78, 5) is 29.3. The molecule has 2 fully saturated rings. The molecule has 3 aliphatic heterocycles. The third-order valence-corrected chi connectivity index (χ3v) is 7.88. The lowest BCUT2D eigenvalue weighted by molar-refractivity contribution is -0.384. The van der Waals surface area contributed by atoms with Crippen molar-refractivity contribution in [3.05, 3.63) is 99.1 Å². The molecule has 0 unspecified atom stereocenters. The van der Waals surface area contributed by atoms with Gasteiger partial charge in [0.25, 0.3) is 11.6 Å². The van der Waals surface area contributed by atoms with E-state index in [4.69, 9.17) is 0 Å². The first-order valence-electron chi connectivity index (χ1n) is 13.8. The number of nitro benzene ring substituents is 1. The summed E-state index contributed by atoms with van der Waals surface area (Å²) in [6.45, 7) is 6.39. The minimum absolute atomic E-state index is 0.0469. The zero-order valence-electron chi connectivity index (χ0n) is 22.0.